The molecule has 5 heteroatoms. The van der Waals surface area contributed by atoms with E-state index in [1.54, 1.807) is 18.2 Å². The highest BCUT2D eigenvalue weighted by molar-refractivity contribution is 6.30. The largest absolute Gasteiger partial charge is 0.273 e. The van der Waals surface area contributed by atoms with Crippen molar-refractivity contribution in [1.82, 2.24) is 10.9 Å². The molecule has 0 saturated heterocycles. The highest BCUT2D eigenvalue weighted by atomic mass is 35.5. The molecule has 0 unspecified atom stereocenters. The molecule has 5 rings (SSSR count). The summed E-state index contributed by atoms with van der Waals surface area (Å²) in [5.41, 5.74) is 6.10. The molecule has 1 aromatic rings. The van der Waals surface area contributed by atoms with Crippen molar-refractivity contribution in [3.05, 3.63) is 40.9 Å². The Morgan fingerprint density at radius 2 is 1.73 bits per heavy atom. The fourth-order valence-corrected chi connectivity index (χ4v) is 6.05. The molecule has 0 spiro atoms. The molecule has 1 aromatic carbocycles. The van der Waals surface area contributed by atoms with Crippen molar-refractivity contribution in [3.8, 4) is 0 Å². The first-order chi connectivity index (χ1) is 12.5. The van der Waals surface area contributed by atoms with Crippen LogP contribution in [0.2, 0.25) is 5.02 Å². The summed E-state index contributed by atoms with van der Waals surface area (Å²) in [6, 6.07) is 7.25. The predicted octanol–water partition coefficient (Wildman–Crippen LogP) is 4.11. The second-order valence-electron chi connectivity index (χ2n) is 8.52. The molecule has 2 N–H and O–H groups in total. The lowest BCUT2D eigenvalue weighted by atomic mass is 9.49. The molecule has 4 fully saturated rings. The minimum Gasteiger partial charge on any atom is -0.273 e. The van der Waals surface area contributed by atoms with Crippen LogP contribution in [0.1, 0.15) is 50.5 Å². The summed E-state index contributed by atoms with van der Waals surface area (Å²) in [5.74, 6) is 2.05. The highest BCUT2D eigenvalue weighted by Crippen LogP contribution is 2.61. The Balaban J connectivity index is 1.27. The zero-order valence-corrected chi connectivity index (χ0v) is 15.6. The van der Waals surface area contributed by atoms with Crippen LogP contribution in [0, 0.1) is 23.2 Å². The van der Waals surface area contributed by atoms with E-state index in [1.165, 1.54) is 44.6 Å². The van der Waals surface area contributed by atoms with E-state index in [1.807, 2.05) is 12.1 Å². The number of benzene rings is 1. The van der Waals surface area contributed by atoms with Crippen LogP contribution < -0.4 is 10.9 Å². The van der Waals surface area contributed by atoms with E-state index in [4.69, 9.17) is 11.6 Å². The molecular weight excluding hydrogens is 348 g/mol. The van der Waals surface area contributed by atoms with Crippen LogP contribution in [0.25, 0.3) is 6.08 Å². The summed E-state index contributed by atoms with van der Waals surface area (Å²) in [6.45, 7) is 0. The minimum atomic E-state index is -0.344. The van der Waals surface area contributed by atoms with Gasteiger partial charge in [0.1, 0.15) is 0 Å². The molecular formula is C21H25ClN2O2. The summed E-state index contributed by atoms with van der Waals surface area (Å²) >= 11 is 5.92. The maximum Gasteiger partial charge on any atom is 0.262 e. The monoisotopic (exact) mass is 372 g/mol. The van der Waals surface area contributed by atoms with Crippen LogP contribution >= 0.6 is 11.6 Å². The third kappa shape index (κ3) is 3.96. The Labute approximate surface area is 159 Å². The number of hydrogen-bond donors (Lipinski definition) is 2. The van der Waals surface area contributed by atoms with Crippen molar-refractivity contribution >= 4 is 29.5 Å². The number of halogens is 1. The van der Waals surface area contributed by atoms with Gasteiger partial charge >= 0.3 is 0 Å². The lowest BCUT2D eigenvalue weighted by Crippen LogP contribution is -2.49. The third-order valence-electron chi connectivity index (χ3n) is 6.30. The van der Waals surface area contributed by atoms with E-state index in [0.29, 0.717) is 11.4 Å². The van der Waals surface area contributed by atoms with Crippen LogP contribution in [0.15, 0.2) is 30.3 Å². The average Bonchev–Trinajstić information content (AvgIpc) is 2.56. The molecule has 0 heterocycles. The number of nitrogens with one attached hydrogen (secondary N) is 2. The summed E-state index contributed by atoms with van der Waals surface area (Å²) in [6.07, 6.45) is 11.3. The van der Waals surface area contributed by atoms with Crippen LogP contribution in [0.3, 0.4) is 0 Å². The summed E-state index contributed by atoms with van der Waals surface area (Å²) in [5, 5.41) is 0.622. The van der Waals surface area contributed by atoms with Crippen LogP contribution in [0.4, 0.5) is 0 Å². The lowest BCUT2D eigenvalue weighted by molar-refractivity contribution is -0.133. The lowest BCUT2D eigenvalue weighted by Gasteiger charge is -2.56. The van der Waals surface area contributed by atoms with Gasteiger partial charge in [-0.25, -0.2) is 0 Å². The van der Waals surface area contributed by atoms with Gasteiger partial charge in [0.15, 0.2) is 0 Å². The van der Waals surface area contributed by atoms with Crippen LogP contribution in [-0.2, 0) is 9.59 Å². The molecule has 0 aromatic heterocycles. The Hall–Kier alpha value is -1.81. The summed E-state index contributed by atoms with van der Waals surface area (Å²) < 4.78 is 0. The first-order valence-corrected chi connectivity index (χ1v) is 9.90. The summed E-state index contributed by atoms with van der Waals surface area (Å²) in [4.78, 5) is 24.3. The second kappa shape index (κ2) is 7.07. The van der Waals surface area contributed by atoms with E-state index in [9.17, 15) is 9.59 Å². The molecule has 4 aliphatic carbocycles. The van der Waals surface area contributed by atoms with Gasteiger partial charge in [0, 0.05) is 17.5 Å². The van der Waals surface area contributed by atoms with E-state index >= 15 is 0 Å². The Morgan fingerprint density at radius 1 is 1.08 bits per heavy atom. The SMILES string of the molecule is O=C(/C=C/c1cccc(Cl)c1)NNC(=O)CC12CC3CC(CC(C3)C1)C2. The van der Waals surface area contributed by atoms with E-state index in [-0.39, 0.29) is 17.2 Å². The topological polar surface area (TPSA) is 58.2 Å². The van der Waals surface area contributed by atoms with Gasteiger partial charge in [-0.3, -0.25) is 20.4 Å². The maximum absolute atomic E-state index is 12.4. The fourth-order valence-electron chi connectivity index (χ4n) is 5.85. The molecule has 4 saturated carbocycles. The number of amides is 2. The molecule has 4 aliphatic rings. The number of carbonyl (C=O) groups is 2. The zero-order chi connectivity index (χ0) is 18.1. The number of carbonyl (C=O) groups excluding carboxylic acids is 2. The molecule has 138 valence electrons. The van der Waals surface area contributed by atoms with Crippen molar-refractivity contribution in [3.63, 3.8) is 0 Å². The summed E-state index contributed by atoms with van der Waals surface area (Å²) in [7, 11) is 0. The maximum atomic E-state index is 12.4. The van der Waals surface area contributed by atoms with Crippen molar-refractivity contribution < 1.29 is 9.59 Å². The van der Waals surface area contributed by atoms with Gasteiger partial charge in [-0.2, -0.15) is 0 Å². The molecule has 4 bridgehead atoms. The Kier molecular flexibility index (Phi) is 4.78. The minimum absolute atomic E-state index is 0.0727. The van der Waals surface area contributed by atoms with Crippen molar-refractivity contribution in [2.45, 2.75) is 44.9 Å². The molecule has 0 atom stereocenters. The molecule has 0 aliphatic heterocycles. The van der Waals surface area contributed by atoms with Gasteiger partial charge in [0.2, 0.25) is 5.91 Å². The zero-order valence-electron chi connectivity index (χ0n) is 14.8. The van der Waals surface area contributed by atoms with Gasteiger partial charge in [0.05, 0.1) is 0 Å². The highest BCUT2D eigenvalue weighted by Gasteiger charge is 2.51. The molecule has 4 nitrogen and oxygen atoms in total. The number of hydrazine groups is 1. The van der Waals surface area contributed by atoms with Gasteiger partial charge in [-0.1, -0.05) is 23.7 Å². The van der Waals surface area contributed by atoms with E-state index in [0.717, 1.165) is 23.3 Å². The van der Waals surface area contributed by atoms with Crippen LogP contribution in [-0.4, -0.2) is 11.8 Å². The molecule has 0 radical (unpaired) electrons. The standard InChI is InChI=1S/C21H25ClN2O2/c22-18-3-1-2-14(9-18)4-5-19(25)23-24-20(26)13-21-10-15-6-16(11-21)8-17(7-15)12-21/h1-5,9,15-17H,6-8,10-13H2,(H,23,25)(H,24,26)/b5-4+. The predicted molar refractivity (Wildman–Crippen MR) is 102 cm³/mol. The van der Waals surface area contributed by atoms with Gasteiger partial charge in [0.25, 0.3) is 5.91 Å². The van der Waals surface area contributed by atoms with Crippen LogP contribution in [0.5, 0.6) is 0 Å². The fraction of sp³-hybridized carbons (Fsp3) is 0.524. The first-order valence-electron chi connectivity index (χ1n) is 9.52. The molecule has 26 heavy (non-hydrogen) atoms. The third-order valence-corrected chi connectivity index (χ3v) is 6.54. The smallest absolute Gasteiger partial charge is 0.262 e. The van der Waals surface area contributed by atoms with E-state index < -0.39 is 0 Å². The Bertz CT molecular complexity index is 708. The van der Waals surface area contributed by atoms with Gasteiger partial charge in [-0.05, 0) is 85.5 Å². The first kappa shape index (κ1) is 17.6. The van der Waals surface area contributed by atoms with Crippen molar-refractivity contribution in [1.29, 1.82) is 0 Å². The van der Waals surface area contributed by atoms with E-state index in [2.05, 4.69) is 10.9 Å². The Morgan fingerprint density at radius 3 is 2.35 bits per heavy atom. The number of rotatable bonds is 4. The number of hydrogen-bond acceptors (Lipinski definition) is 2. The van der Waals surface area contributed by atoms with Crippen molar-refractivity contribution in [2.24, 2.45) is 23.2 Å². The second-order valence-corrected chi connectivity index (χ2v) is 8.96. The quantitative estimate of drug-likeness (QED) is 0.617. The molecule has 2 amide bonds. The normalized spacial score (nSPS) is 32.0. The van der Waals surface area contributed by atoms with Crippen molar-refractivity contribution in [2.75, 3.05) is 0 Å². The van der Waals surface area contributed by atoms with Gasteiger partial charge in [-0.15, -0.1) is 0 Å². The van der Waals surface area contributed by atoms with Gasteiger partial charge < -0.3 is 0 Å². The average molecular weight is 373 g/mol.